The number of hydrogen-bond donors (Lipinski definition) is 1. The number of alkyl halides is 2. The van der Waals surface area contributed by atoms with Crippen LogP contribution in [0, 0.1) is 5.92 Å². The molecule has 1 aromatic rings. The average molecular weight is 270 g/mol. The molecular formula is C13H16F2N2O2. The second-order valence-electron chi connectivity index (χ2n) is 4.57. The maximum atomic E-state index is 12.3. The van der Waals surface area contributed by atoms with Crippen LogP contribution in [0.15, 0.2) is 24.3 Å². The third-order valence-electron chi connectivity index (χ3n) is 3.06. The fourth-order valence-corrected chi connectivity index (χ4v) is 2.00. The number of methoxy groups -OCH3 is 1. The molecule has 1 heterocycles. The molecule has 2 rings (SSSR count). The maximum Gasteiger partial charge on any atom is 0.243 e. The molecule has 0 aromatic heterocycles. The molecule has 0 saturated carbocycles. The van der Waals surface area contributed by atoms with Gasteiger partial charge < -0.3 is 10.1 Å². The van der Waals surface area contributed by atoms with E-state index in [0.29, 0.717) is 11.4 Å². The lowest BCUT2D eigenvalue weighted by atomic mass is 10.0. The largest absolute Gasteiger partial charge is 0.497 e. The van der Waals surface area contributed by atoms with Crippen LogP contribution in [0.2, 0.25) is 0 Å². The summed E-state index contributed by atoms with van der Waals surface area (Å²) in [5.41, 5.74) is 0.635. The van der Waals surface area contributed by atoms with E-state index in [4.69, 9.17) is 4.74 Å². The summed E-state index contributed by atoms with van der Waals surface area (Å²) in [7, 11) is 1.55. The van der Waals surface area contributed by atoms with Crippen LogP contribution in [-0.4, -0.2) is 44.0 Å². The van der Waals surface area contributed by atoms with Gasteiger partial charge in [-0.2, -0.15) is 0 Å². The van der Waals surface area contributed by atoms with Crippen molar-refractivity contribution in [1.29, 1.82) is 0 Å². The van der Waals surface area contributed by atoms with E-state index in [2.05, 4.69) is 5.32 Å². The Hall–Kier alpha value is -1.69. The Bertz CT molecular complexity index is 448. The van der Waals surface area contributed by atoms with Crippen LogP contribution in [-0.2, 0) is 4.79 Å². The molecule has 1 aliphatic rings. The molecule has 4 nitrogen and oxygen atoms in total. The fraction of sp³-hybridized carbons (Fsp3) is 0.462. The van der Waals surface area contributed by atoms with E-state index < -0.39 is 12.3 Å². The zero-order valence-electron chi connectivity index (χ0n) is 10.6. The van der Waals surface area contributed by atoms with Crippen molar-refractivity contribution in [2.45, 2.75) is 6.43 Å². The Morgan fingerprint density at radius 3 is 2.89 bits per heavy atom. The Kier molecular flexibility index (Phi) is 4.31. The molecule has 1 saturated heterocycles. The number of nitrogens with one attached hydrogen (secondary N) is 1. The number of nitrogens with zero attached hydrogens (tertiary/aromatic N) is 1. The SMILES string of the molecule is COc1cccc(NC(=O)CN2CC(C(F)F)C2)c1. The Labute approximate surface area is 110 Å². The number of likely N-dealkylation sites (tertiary alicyclic amines) is 1. The zero-order valence-corrected chi connectivity index (χ0v) is 10.6. The summed E-state index contributed by atoms with van der Waals surface area (Å²) >= 11 is 0. The lowest BCUT2D eigenvalue weighted by molar-refractivity contribution is -0.120. The Morgan fingerprint density at radius 1 is 1.53 bits per heavy atom. The van der Waals surface area contributed by atoms with Gasteiger partial charge in [0, 0.05) is 30.8 Å². The summed E-state index contributed by atoms with van der Waals surface area (Å²) in [5.74, 6) is -0.148. The van der Waals surface area contributed by atoms with Crippen molar-refractivity contribution in [1.82, 2.24) is 4.90 Å². The molecule has 1 aliphatic heterocycles. The molecule has 1 fully saturated rings. The minimum Gasteiger partial charge on any atom is -0.497 e. The summed E-state index contributed by atoms with van der Waals surface area (Å²) in [4.78, 5) is 13.4. The van der Waals surface area contributed by atoms with Crippen molar-refractivity contribution >= 4 is 11.6 Å². The van der Waals surface area contributed by atoms with Crippen LogP contribution < -0.4 is 10.1 Å². The minimum atomic E-state index is -2.29. The predicted octanol–water partition coefficient (Wildman–Crippen LogP) is 1.83. The lowest BCUT2D eigenvalue weighted by Crippen LogP contribution is -2.52. The van der Waals surface area contributed by atoms with Gasteiger partial charge in [-0.1, -0.05) is 6.07 Å². The third kappa shape index (κ3) is 3.64. The van der Waals surface area contributed by atoms with Gasteiger partial charge in [0.25, 0.3) is 0 Å². The van der Waals surface area contributed by atoms with Gasteiger partial charge in [0.2, 0.25) is 12.3 Å². The highest BCUT2D eigenvalue weighted by molar-refractivity contribution is 5.92. The van der Waals surface area contributed by atoms with E-state index in [9.17, 15) is 13.6 Å². The predicted molar refractivity (Wildman–Crippen MR) is 67.6 cm³/mol. The summed E-state index contributed by atoms with van der Waals surface area (Å²) < 4.78 is 29.6. The first kappa shape index (κ1) is 13.7. The number of ether oxygens (including phenoxy) is 1. The quantitative estimate of drug-likeness (QED) is 0.887. The maximum absolute atomic E-state index is 12.3. The van der Waals surface area contributed by atoms with Crippen LogP contribution in [0.4, 0.5) is 14.5 Å². The fourth-order valence-electron chi connectivity index (χ4n) is 2.00. The minimum absolute atomic E-state index is 0.139. The normalized spacial score (nSPS) is 16.2. The van der Waals surface area contributed by atoms with Gasteiger partial charge in [-0.15, -0.1) is 0 Å². The molecular weight excluding hydrogens is 254 g/mol. The summed E-state index contributed by atoms with van der Waals surface area (Å²) in [6, 6.07) is 7.00. The summed E-state index contributed by atoms with van der Waals surface area (Å²) in [6.45, 7) is 0.701. The lowest BCUT2D eigenvalue weighted by Gasteiger charge is -2.38. The van der Waals surface area contributed by atoms with Crippen molar-refractivity contribution in [2.24, 2.45) is 5.92 Å². The number of amides is 1. The van der Waals surface area contributed by atoms with Crippen LogP contribution in [0.3, 0.4) is 0 Å². The monoisotopic (exact) mass is 270 g/mol. The van der Waals surface area contributed by atoms with Crippen molar-refractivity contribution in [3.8, 4) is 5.75 Å². The van der Waals surface area contributed by atoms with E-state index in [0.717, 1.165) is 0 Å². The summed E-state index contributed by atoms with van der Waals surface area (Å²) in [5, 5.41) is 2.71. The van der Waals surface area contributed by atoms with Crippen molar-refractivity contribution in [3.05, 3.63) is 24.3 Å². The van der Waals surface area contributed by atoms with Crippen molar-refractivity contribution in [2.75, 3.05) is 32.1 Å². The highest BCUT2D eigenvalue weighted by Crippen LogP contribution is 2.22. The first-order valence-electron chi connectivity index (χ1n) is 6.03. The van der Waals surface area contributed by atoms with Gasteiger partial charge >= 0.3 is 0 Å². The second kappa shape index (κ2) is 5.97. The van der Waals surface area contributed by atoms with Gasteiger partial charge in [0.15, 0.2) is 0 Å². The van der Waals surface area contributed by atoms with E-state index in [1.807, 2.05) is 0 Å². The molecule has 19 heavy (non-hydrogen) atoms. The standard InChI is InChI=1S/C13H16F2N2O2/c1-19-11-4-2-3-10(5-11)16-12(18)8-17-6-9(7-17)13(14)15/h2-5,9,13H,6-8H2,1H3,(H,16,18). The smallest absolute Gasteiger partial charge is 0.243 e. The highest BCUT2D eigenvalue weighted by Gasteiger charge is 2.34. The van der Waals surface area contributed by atoms with Crippen LogP contribution >= 0.6 is 0 Å². The van der Waals surface area contributed by atoms with E-state index in [1.165, 1.54) is 0 Å². The van der Waals surface area contributed by atoms with E-state index >= 15 is 0 Å². The molecule has 1 amide bonds. The number of hydrogen-bond acceptors (Lipinski definition) is 3. The van der Waals surface area contributed by atoms with Crippen LogP contribution in [0.5, 0.6) is 5.75 Å². The molecule has 1 N–H and O–H groups in total. The first-order valence-corrected chi connectivity index (χ1v) is 6.03. The Balaban J connectivity index is 1.79. The summed E-state index contributed by atoms with van der Waals surface area (Å²) in [6.07, 6.45) is -2.29. The van der Waals surface area contributed by atoms with E-state index in [-0.39, 0.29) is 25.5 Å². The average Bonchev–Trinajstić information content (AvgIpc) is 2.33. The molecule has 0 unspecified atom stereocenters. The van der Waals surface area contributed by atoms with Crippen molar-refractivity contribution < 1.29 is 18.3 Å². The number of rotatable bonds is 5. The van der Waals surface area contributed by atoms with Gasteiger partial charge in [-0.05, 0) is 12.1 Å². The topological polar surface area (TPSA) is 41.6 Å². The molecule has 0 spiro atoms. The molecule has 0 bridgehead atoms. The van der Waals surface area contributed by atoms with Crippen LogP contribution in [0.25, 0.3) is 0 Å². The number of benzene rings is 1. The van der Waals surface area contributed by atoms with Gasteiger partial charge in [0.1, 0.15) is 5.75 Å². The second-order valence-corrected chi connectivity index (χ2v) is 4.57. The number of halogens is 2. The van der Waals surface area contributed by atoms with Gasteiger partial charge in [-0.25, -0.2) is 8.78 Å². The number of anilines is 1. The van der Waals surface area contributed by atoms with E-state index in [1.54, 1.807) is 36.3 Å². The first-order chi connectivity index (χ1) is 9.08. The molecule has 0 aliphatic carbocycles. The number of carbonyl (C=O) groups excluding carboxylic acids is 1. The highest BCUT2D eigenvalue weighted by atomic mass is 19.3. The number of carbonyl (C=O) groups is 1. The Morgan fingerprint density at radius 2 is 2.26 bits per heavy atom. The molecule has 0 atom stereocenters. The van der Waals surface area contributed by atoms with Crippen LogP contribution in [0.1, 0.15) is 0 Å². The van der Waals surface area contributed by atoms with Gasteiger partial charge in [-0.3, -0.25) is 9.69 Å². The molecule has 1 aromatic carbocycles. The molecule has 0 radical (unpaired) electrons. The third-order valence-corrected chi connectivity index (χ3v) is 3.06. The molecule has 6 heteroatoms. The van der Waals surface area contributed by atoms with Gasteiger partial charge in [0.05, 0.1) is 13.7 Å². The zero-order chi connectivity index (χ0) is 13.8. The molecule has 104 valence electrons. The van der Waals surface area contributed by atoms with Crippen molar-refractivity contribution in [3.63, 3.8) is 0 Å².